The van der Waals surface area contributed by atoms with Crippen molar-refractivity contribution in [2.24, 2.45) is 5.92 Å². The van der Waals surface area contributed by atoms with Gasteiger partial charge in [-0.25, -0.2) is 0 Å². The first kappa shape index (κ1) is 38.9. The maximum absolute atomic E-state index is 13.1. The van der Waals surface area contributed by atoms with Crippen molar-refractivity contribution in [1.29, 1.82) is 0 Å². The molecule has 306 valence electrons. The number of fused-ring (bicyclic) bond motifs is 2. The van der Waals surface area contributed by atoms with Gasteiger partial charge in [-0.3, -0.25) is 24.6 Å². The largest absolute Gasteiger partial charge is 0.508 e. The van der Waals surface area contributed by atoms with Crippen LogP contribution < -0.4 is 19.7 Å². The van der Waals surface area contributed by atoms with Crippen LogP contribution in [0, 0.1) is 5.92 Å². The Balaban J connectivity index is 0.689. The van der Waals surface area contributed by atoms with Gasteiger partial charge in [0, 0.05) is 60.5 Å². The van der Waals surface area contributed by atoms with Gasteiger partial charge < -0.3 is 34.4 Å². The molecule has 0 bridgehead atoms. The van der Waals surface area contributed by atoms with Gasteiger partial charge in [0.2, 0.25) is 11.8 Å². The Labute approximate surface area is 347 Å². The monoisotopic (exact) mass is 815 g/mol. The third kappa shape index (κ3) is 8.59. The lowest BCUT2D eigenvalue weighted by Crippen LogP contribution is -2.52. The average molecular weight is 816 g/mol. The molecule has 3 saturated heterocycles. The van der Waals surface area contributed by atoms with E-state index in [9.17, 15) is 24.6 Å². The third-order valence-electron chi connectivity index (χ3n) is 12.2. The fourth-order valence-electron chi connectivity index (χ4n) is 8.78. The average Bonchev–Trinajstić information content (AvgIpc) is 3.77. The highest BCUT2D eigenvalue weighted by Crippen LogP contribution is 2.47. The highest BCUT2D eigenvalue weighted by Gasteiger charge is 2.39. The summed E-state index contributed by atoms with van der Waals surface area (Å²) in [6.45, 7) is 9.34. The van der Waals surface area contributed by atoms with Crippen LogP contribution in [0.2, 0.25) is 0 Å². The summed E-state index contributed by atoms with van der Waals surface area (Å²) in [4.78, 5) is 47.2. The number of likely N-dealkylation sites (tertiary alicyclic amines) is 1. The number of phenols is 2. The Morgan fingerprint density at radius 3 is 2.20 bits per heavy atom. The molecule has 1 aromatic heterocycles. The van der Waals surface area contributed by atoms with Crippen molar-refractivity contribution >= 4 is 44.8 Å². The van der Waals surface area contributed by atoms with Crippen LogP contribution in [-0.4, -0.2) is 108 Å². The summed E-state index contributed by atoms with van der Waals surface area (Å²) < 4.78 is 13.6. The van der Waals surface area contributed by atoms with Gasteiger partial charge in [-0.1, -0.05) is 0 Å². The van der Waals surface area contributed by atoms with Gasteiger partial charge in [0.1, 0.15) is 29.0 Å². The van der Waals surface area contributed by atoms with E-state index in [1.54, 1.807) is 29.2 Å². The van der Waals surface area contributed by atoms with Crippen LogP contribution in [0.25, 0.3) is 20.5 Å². The number of anilines is 1. The number of carbonyl (C=O) groups is 3. The van der Waals surface area contributed by atoms with Gasteiger partial charge in [0.25, 0.3) is 5.91 Å². The van der Waals surface area contributed by atoms with Crippen molar-refractivity contribution in [3.63, 3.8) is 0 Å². The molecule has 0 saturated carbocycles. The maximum atomic E-state index is 13.1. The van der Waals surface area contributed by atoms with Crippen LogP contribution in [0.4, 0.5) is 5.69 Å². The summed E-state index contributed by atoms with van der Waals surface area (Å²) in [6, 6.07) is 25.5. The Morgan fingerprint density at radius 1 is 0.746 bits per heavy atom. The SMILES string of the molecule is O=C1CCC(N2Cc3cc(N4CCN(CCCN5CCC(COc6ccc(Oc7c(-c8ccc(O)cc8)sc8cc(O)ccc78)cc6)CC5)CC4)ccc3C2=O)C(=O)N1. The number of piperidine rings is 2. The van der Waals surface area contributed by atoms with Gasteiger partial charge >= 0.3 is 0 Å². The van der Waals surface area contributed by atoms with Gasteiger partial charge in [0.05, 0.1) is 11.5 Å². The quantitative estimate of drug-likeness (QED) is 0.115. The lowest BCUT2D eigenvalue weighted by molar-refractivity contribution is -0.136. The molecular formula is C46H49N5O7S. The van der Waals surface area contributed by atoms with Crippen LogP contribution in [-0.2, 0) is 16.1 Å². The number of amides is 3. The van der Waals surface area contributed by atoms with Crippen molar-refractivity contribution in [2.75, 3.05) is 63.9 Å². The number of nitrogens with one attached hydrogen (secondary N) is 1. The molecule has 0 aliphatic carbocycles. The summed E-state index contributed by atoms with van der Waals surface area (Å²) >= 11 is 1.54. The van der Waals surface area contributed by atoms with Crippen molar-refractivity contribution in [3.05, 3.63) is 96.1 Å². The van der Waals surface area contributed by atoms with Crippen LogP contribution >= 0.6 is 11.3 Å². The molecule has 0 spiro atoms. The van der Waals surface area contributed by atoms with E-state index in [2.05, 4.69) is 26.1 Å². The highest BCUT2D eigenvalue weighted by atomic mass is 32.1. The van der Waals surface area contributed by atoms with Crippen LogP contribution in [0.15, 0.2) is 84.9 Å². The fourth-order valence-corrected chi connectivity index (χ4v) is 9.95. The van der Waals surface area contributed by atoms with Crippen LogP contribution in [0.3, 0.4) is 0 Å². The molecular weight excluding hydrogens is 767 g/mol. The highest BCUT2D eigenvalue weighted by molar-refractivity contribution is 7.22. The molecule has 5 aromatic rings. The number of piperazine rings is 1. The zero-order valence-corrected chi connectivity index (χ0v) is 33.8. The number of phenolic OH excluding ortho intramolecular Hbond substituents is 2. The van der Waals surface area contributed by atoms with E-state index < -0.39 is 6.04 Å². The smallest absolute Gasteiger partial charge is 0.255 e. The first-order valence-electron chi connectivity index (χ1n) is 20.7. The minimum atomic E-state index is -0.593. The number of hydrogen-bond acceptors (Lipinski definition) is 11. The summed E-state index contributed by atoms with van der Waals surface area (Å²) in [5.41, 5.74) is 3.65. The summed E-state index contributed by atoms with van der Waals surface area (Å²) in [5, 5.41) is 23.2. The minimum absolute atomic E-state index is 0.131. The van der Waals surface area contributed by atoms with E-state index in [0.717, 1.165) is 109 Å². The zero-order valence-electron chi connectivity index (χ0n) is 33.0. The van der Waals surface area contributed by atoms with E-state index in [1.165, 1.54) is 11.3 Å². The van der Waals surface area contributed by atoms with Gasteiger partial charge in [-0.05, 0) is 154 Å². The molecule has 13 heteroatoms. The molecule has 5 heterocycles. The molecule has 3 fully saturated rings. The predicted molar refractivity (Wildman–Crippen MR) is 228 cm³/mol. The molecule has 3 N–H and O–H groups in total. The van der Waals surface area contributed by atoms with Gasteiger partial charge in [0.15, 0.2) is 5.75 Å². The zero-order chi connectivity index (χ0) is 40.5. The summed E-state index contributed by atoms with van der Waals surface area (Å²) in [7, 11) is 0. The second-order valence-corrected chi connectivity index (χ2v) is 17.1. The number of ether oxygens (including phenoxy) is 2. The number of hydrogen-bond donors (Lipinski definition) is 3. The fraction of sp³-hybridized carbons (Fsp3) is 0.370. The number of benzene rings is 4. The van der Waals surface area contributed by atoms with E-state index in [1.807, 2.05) is 54.6 Å². The second kappa shape index (κ2) is 16.9. The van der Waals surface area contributed by atoms with Crippen molar-refractivity contribution in [1.82, 2.24) is 20.0 Å². The second-order valence-electron chi connectivity index (χ2n) is 16.1. The topological polar surface area (TPSA) is 135 Å². The van der Waals surface area contributed by atoms with Crippen LogP contribution in [0.5, 0.6) is 28.7 Å². The van der Waals surface area contributed by atoms with E-state index >= 15 is 0 Å². The third-order valence-corrected chi connectivity index (χ3v) is 13.4. The Hall–Kier alpha value is -5.63. The van der Waals surface area contributed by atoms with Crippen LogP contribution in [0.1, 0.15) is 48.0 Å². The lowest BCUT2D eigenvalue weighted by atomic mass is 9.97. The van der Waals surface area contributed by atoms with E-state index in [-0.39, 0.29) is 35.6 Å². The molecule has 4 aliphatic rings. The first-order chi connectivity index (χ1) is 28.7. The first-order valence-corrected chi connectivity index (χ1v) is 21.5. The number of thiophene rings is 1. The normalized spacial score (nSPS) is 19.3. The molecule has 1 atom stereocenters. The van der Waals surface area contributed by atoms with Crippen molar-refractivity contribution in [3.8, 4) is 39.2 Å². The molecule has 4 aliphatic heterocycles. The number of aromatic hydroxyl groups is 2. The summed E-state index contributed by atoms with van der Waals surface area (Å²) in [5.74, 6) is 2.38. The molecule has 3 amide bonds. The van der Waals surface area contributed by atoms with E-state index in [4.69, 9.17) is 9.47 Å². The molecule has 12 nitrogen and oxygen atoms in total. The predicted octanol–water partition coefficient (Wildman–Crippen LogP) is 6.84. The molecule has 4 aromatic carbocycles. The lowest BCUT2D eigenvalue weighted by Gasteiger charge is -2.37. The molecule has 9 rings (SSSR count). The number of rotatable bonds is 12. The Kier molecular flexibility index (Phi) is 11.1. The van der Waals surface area contributed by atoms with E-state index in [0.29, 0.717) is 42.6 Å². The summed E-state index contributed by atoms with van der Waals surface area (Å²) in [6.07, 6.45) is 4.02. The molecule has 0 radical (unpaired) electrons. The number of imide groups is 1. The standard InChI is InChI=1S/C46H49N5O7S/c52-34-5-2-31(3-6-34)44-43(39-13-7-35(53)27-41(39)59-44)58-37-10-8-36(9-11-37)57-29-30-16-20-48(21-17-30)18-1-19-49-22-24-50(25-23-49)33-4-12-38-32(26-33)28-51(46(38)56)40-14-15-42(54)47-45(40)55/h2-13,26-27,30,40,52-53H,1,14-25,28-29H2,(H,47,54,55). The Bertz CT molecular complexity index is 2330. The maximum Gasteiger partial charge on any atom is 0.255 e. The van der Waals surface area contributed by atoms with Crippen molar-refractivity contribution in [2.45, 2.75) is 44.7 Å². The van der Waals surface area contributed by atoms with Gasteiger partial charge in [-0.2, -0.15) is 0 Å². The Morgan fingerprint density at radius 2 is 1.46 bits per heavy atom. The molecule has 59 heavy (non-hydrogen) atoms. The van der Waals surface area contributed by atoms with Crippen molar-refractivity contribution < 1.29 is 34.1 Å². The number of nitrogens with zero attached hydrogens (tertiary/aromatic N) is 4. The van der Waals surface area contributed by atoms with Gasteiger partial charge in [-0.15, -0.1) is 11.3 Å². The molecule has 1 unspecified atom stereocenters. The number of carbonyl (C=O) groups excluding carboxylic acids is 3. The minimum Gasteiger partial charge on any atom is -0.508 e.